The quantitative estimate of drug-likeness (QED) is 0.854. The van der Waals surface area contributed by atoms with Gasteiger partial charge in [0, 0.05) is 26.2 Å². The number of benzene rings is 2. The van der Waals surface area contributed by atoms with Crippen molar-refractivity contribution in [1.82, 2.24) is 9.80 Å². The van der Waals surface area contributed by atoms with Crippen molar-refractivity contribution in [3.8, 4) is 0 Å². The molecule has 2 bridgehead atoms. The summed E-state index contributed by atoms with van der Waals surface area (Å²) in [6, 6.07) is 22.5. The van der Waals surface area contributed by atoms with Gasteiger partial charge < -0.3 is 4.90 Å². The SMILES string of the molecule is CN1CC2CC(C1)CN(C(c1ccccc1)c1ccccc1)C2. The molecule has 2 atom stereocenters. The third-order valence-electron chi connectivity index (χ3n) is 5.39. The lowest BCUT2D eigenvalue weighted by Gasteiger charge is -2.47. The molecule has 0 N–H and O–H groups in total. The Morgan fingerprint density at radius 2 is 1.22 bits per heavy atom. The smallest absolute Gasteiger partial charge is 0.0602 e. The van der Waals surface area contributed by atoms with Crippen molar-refractivity contribution in [3.63, 3.8) is 0 Å². The summed E-state index contributed by atoms with van der Waals surface area (Å²) in [6.45, 7) is 4.94. The minimum Gasteiger partial charge on any atom is -0.306 e. The molecule has 2 saturated heterocycles. The predicted octanol–water partition coefficient (Wildman–Crippen LogP) is 3.66. The highest BCUT2D eigenvalue weighted by molar-refractivity contribution is 5.32. The highest BCUT2D eigenvalue weighted by atomic mass is 15.2. The van der Waals surface area contributed by atoms with Gasteiger partial charge in [-0.15, -0.1) is 0 Å². The fourth-order valence-corrected chi connectivity index (χ4v) is 4.67. The molecule has 2 fully saturated rings. The maximum Gasteiger partial charge on any atom is 0.0602 e. The van der Waals surface area contributed by atoms with E-state index in [9.17, 15) is 0 Å². The van der Waals surface area contributed by atoms with Gasteiger partial charge in [0.25, 0.3) is 0 Å². The molecule has 0 spiro atoms. The third kappa shape index (κ3) is 3.19. The van der Waals surface area contributed by atoms with E-state index in [0.717, 1.165) is 11.8 Å². The lowest BCUT2D eigenvalue weighted by atomic mass is 9.83. The second kappa shape index (κ2) is 6.46. The van der Waals surface area contributed by atoms with Crippen LogP contribution in [-0.2, 0) is 0 Å². The first-order chi connectivity index (χ1) is 11.3. The Kier molecular flexibility index (Phi) is 4.19. The molecule has 2 nitrogen and oxygen atoms in total. The number of nitrogens with zero attached hydrogens (tertiary/aromatic N) is 2. The molecule has 2 aromatic rings. The Hall–Kier alpha value is -1.64. The van der Waals surface area contributed by atoms with E-state index in [0.29, 0.717) is 6.04 Å². The Morgan fingerprint density at radius 1 is 0.739 bits per heavy atom. The van der Waals surface area contributed by atoms with Gasteiger partial charge >= 0.3 is 0 Å². The molecule has 2 aromatic carbocycles. The molecule has 0 saturated carbocycles. The predicted molar refractivity (Wildman–Crippen MR) is 95.4 cm³/mol. The first kappa shape index (κ1) is 14.9. The van der Waals surface area contributed by atoms with Crippen molar-refractivity contribution in [2.45, 2.75) is 12.5 Å². The normalized spacial score (nSPS) is 25.7. The molecule has 23 heavy (non-hydrogen) atoms. The van der Waals surface area contributed by atoms with Crippen molar-refractivity contribution < 1.29 is 0 Å². The van der Waals surface area contributed by atoms with Gasteiger partial charge in [0.1, 0.15) is 0 Å². The van der Waals surface area contributed by atoms with E-state index in [2.05, 4.69) is 77.5 Å². The van der Waals surface area contributed by atoms with Crippen LogP contribution >= 0.6 is 0 Å². The number of hydrogen-bond acceptors (Lipinski definition) is 2. The summed E-state index contributed by atoms with van der Waals surface area (Å²) in [5.41, 5.74) is 2.85. The molecule has 2 unspecified atom stereocenters. The molecule has 4 rings (SSSR count). The summed E-state index contributed by atoms with van der Waals surface area (Å²) < 4.78 is 0. The van der Waals surface area contributed by atoms with Gasteiger partial charge in [-0.25, -0.2) is 0 Å². The zero-order valence-corrected chi connectivity index (χ0v) is 13.9. The van der Waals surface area contributed by atoms with Crippen LogP contribution in [0.1, 0.15) is 23.6 Å². The Morgan fingerprint density at radius 3 is 1.70 bits per heavy atom. The fourth-order valence-electron chi connectivity index (χ4n) is 4.67. The summed E-state index contributed by atoms with van der Waals surface area (Å²) in [6.07, 6.45) is 1.41. The molecular formula is C21H26N2. The van der Waals surface area contributed by atoms with Gasteiger partial charge in [-0.05, 0) is 36.4 Å². The molecule has 120 valence electrons. The van der Waals surface area contributed by atoms with Gasteiger partial charge in [0.2, 0.25) is 0 Å². The van der Waals surface area contributed by atoms with Crippen molar-refractivity contribution in [1.29, 1.82) is 0 Å². The Balaban J connectivity index is 1.66. The van der Waals surface area contributed by atoms with E-state index in [1.807, 2.05) is 0 Å². The standard InChI is InChI=1S/C21H26N2/c1-22-13-17-12-18(14-22)16-23(15-17)21(19-8-4-2-5-9-19)20-10-6-3-7-11-20/h2-11,17-18,21H,12-16H2,1H3. The number of fused-ring (bicyclic) bond motifs is 2. The Bertz CT molecular complexity index is 567. The molecule has 0 aliphatic carbocycles. The number of likely N-dealkylation sites (tertiary alicyclic amines) is 2. The highest BCUT2D eigenvalue weighted by Crippen LogP contribution is 2.36. The molecule has 0 amide bonds. The summed E-state index contributed by atoms with van der Waals surface area (Å²) >= 11 is 0. The van der Waals surface area contributed by atoms with Crippen LogP contribution in [0.5, 0.6) is 0 Å². The maximum absolute atomic E-state index is 2.73. The number of piperidine rings is 2. The minimum absolute atomic E-state index is 0.395. The van der Waals surface area contributed by atoms with E-state index in [1.54, 1.807) is 0 Å². The van der Waals surface area contributed by atoms with Crippen LogP contribution in [0.3, 0.4) is 0 Å². The molecule has 2 aliphatic rings. The largest absolute Gasteiger partial charge is 0.306 e. The fraction of sp³-hybridized carbons (Fsp3) is 0.429. The second-order valence-corrected chi connectivity index (χ2v) is 7.37. The molecule has 0 radical (unpaired) electrons. The minimum atomic E-state index is 0.395. The van der Waals surface area contributed by atoms with Crippen molar-refractivity contribution in [2.75, 3.05) is 33.2 Å². The third-order valence-corrected chi connectivity index (χ3v) is 5.39. The van der Waals surface area contributed by atoms with Gasteiger partial charge in [0.15, 0.2) is 0 Å². The monoisotopic (exact) mass is 306 g/mol. The lowest BCUT2D eigenvalue weighted by Crippen LogP contribution is -2.52. The van der Waals surface area contributed by atoms with Crippen LogP contribution in [0.4, 0.5) is 0 Å². The van der Waals surface area contributed by atoms with Crippen LogP contribution < -0.4 is 0 Å². The molecule has 0 aromatic heterocycles. The molecular weight excluding hydrogens is 280 g/mol. The topological polar surface area (TPSA) is 6.48 Å². The van der Waals surface area contributed by atoms with Crippen LogP contribution in [0.2, 0.25) is 0 Å². The van der Waals surface area contributed by atoms with E-state index in [4.69, 9.17) is 0 Å². The van der Waals surface area contributed by atoms with Crippen LogP contribution in [-0.4, -0.2) is 43.0 Å². The van der Waals surface area contributed by atoms with E-state index >= 15 is 0 Å². The lowest BCUT2D eigenvalue weighted by molar-refractivity contribution is 0.0281. The highest BCUT2D eigenvalue weighted by Gasteiger charge is 2.36. The van der Waals surface area contributed by atoms with Crippen LogP contribution in [0.15, 0.2) is 60.7 Å². The average molecular weight is 306 g/mol. The second-order valence-electron chi connectivity index (χ2n) is 7.37. The first-order valence-electron chi connectivity index (χ1n) is 8.82. The zero-order valence-electron chi connectivity index (χ0n) is 13.9. The van der Waals surface area contributed by atoms with Gasteiger partial charge in [0.05, 0.1) is 6.04 Å². The van der Waals surface area contributed by atoms with Gasteiger partial charge in [-0.2, -0.15) is 0 Å². The molecule has 2 heterocycles. The first-order valence-corrected chi connectivity index (χ1v) is 8.82. The molecule has 2 heteroatoms. The summed E-state index contributed by atoms with van der Waals surface area (Å²) in [4.78, 5) is 5.26. The maximum atomic E-state index is 2.73. The number of hydrogen-bond donors (Lipinski definition) is 0. The van der Waals surface area contributed by atoms with E-state index in [1.165, 1.54) is 43.7 Å². The van der Waals surface area contributed by atoms with E-state index in [-0.39, 0.29) is 0 Å². The zero-order chi connectivity index (χ0) is 15.6. The van der Waals surface area contributed by atoms with Crippen LogP contribution in [0, 0.1) is 11.8 Å². The molecule has 2 aliphatic heterocycles. The van der Waals surface area contributed by atoms with Gasteiger partial charge in [-0.3, -0.25) is 4.90 Å². The van der Waals surface area contributed by atoms with Crippen molar-refractivity contribution in [3.05, 3.63) is 71.8 Å². The van der Waals surface area contributed by atoms with Crippen LogP contribution in [0.25, 0.3) is 0 Å². The van der Waals surface area contributed by atoms with Gasteiger partial charge in [-0.1, -0.05) is 60.7 Å². The average Bonchev–Trinajstić information content (AvgIpc) is 2.56. The van der Waals surface area contributed by atoms with Crippen molar-refractivity contribution in [2.24, 2.45) is 11.8 Å². The summed E-state index contributed by atoms with van der Waals surface area (Å²) in [5, 5.41) is 0. The Labute approximate surface area is 139 Å². The summed E-state index contributed by atoms with van der Waals surface area (Å²) in [5.74, 6) is 1.64. The number of rotatable bonds is 3. The van der Waals surface area contributed by atoms with E-state index < -0.39 is 0 Å². The summed E-state index contributed by atoms with van der Waals surface area (Å²) in [7, 11) is 2.28. The van der Waals surface area contributed by atoms with Crippen molar-refractivity contribution >= 4 is 0 Å².